The molecule has 2 aromatic carbocycles. The van der Waals surface area contributed by atoms with E-state index in [1.807, 2.05) is 0 Å². The number of hydrogen-bond acceptors (Lipinski definition) is 5. The summed E-state index contributed by atoms with van der Waals surface area (Å²) in [7, 11) is 0. The van der Waals surface area contributed by atoms with E-state index in [-0.39, 0.29) is 24.2 Å². The molecule has 0 spiro atoms. The molecule has 0 bridgehead atoms. The summed E-state index contributed by atoms with van der Waals surface area (Å²) in [5.74, 6) is -2.30. The molecule has 4 rings (SSSR count). The molecular weight excluding hydrogens is 517 g/mol. The van der Waals surface area contributed by atoms with Crippen LogP contribution in [0.3, 0.4) is 0 Å². The fourth-order valence-electron chi connectivity index (χ4n) is 3.70. The lowest BCUT2D eigenvalue weighted by atomic mass is 10.0. The summed E-state index contributed by atoms with van der Waals surface area (Å²) in [6.07, 6.45) is -9.77. The second kappa shape index (κ2) is 9.48. The van der Waals surface area contributed by atoms with Crippen LogP contribution in [0, 0.1) is 5.82 Å². The Morgan fingerprint density at radius 2 is 1.56 bits per heavy atom. The van der Waals surface area contributed by atoms with Gasteiger partial charge in [0.25, 0.3) is 5.91 Å². The zero-order chi connectivity index (χ0) is 26.3. The number of amides is 2. The average Bonchev–Trinajstić information content (AvgIpc) is 3.47. The second-order valence-electron chi connectivity index (χ2n) is 7.86. The summed E-state index contributed by atoms with van der Waals surface area (Å²) >= 11 is 0.964. The van der Waals surface area contributed by atoms with Crippen LogP contribution < -0.4 is 5.32 Å². The molecule has 1 aliphatic heterocycles. The largest absolute Gasteiger partial charge is 0.416 e. The SMILES string of the molecule is O=C(Nc1nnc(-c2ccc(F)cc2)s1)C1CCCN1C(=O)c1cc(C(F)(F)F)cc(C(F)(F)F)c1. The van der Waals surface area contributed by atoms with Crippen molar-refractivity contribution in [2.45, 2.75) is 31.2 Å². The van der Waals surface area contributed by atoms with Gasteiger partial charge in [0.1, 0.15) is 16.9 Å². The Balaban J connectivity index is 1.54. The van der Waals surface area contributed by atoms with Gasteiger partial charge in [-0.3, -0.25) is 14.9 Å². The standard InChI is InChI=1S/C22H15F7N4O2S/c23-15-5-3-11(4-6-15)18-31-32-20(36-18)30-17(34)16-2-1-7-33(16)19(35)12-8-13(21(24,25)26)10-14(9-12)22(27,28)29/h3-6,8-10,16H,1-2,7H2,(H,30,32,34). The van der Waals surface area contributed by atoms with E-state index in [9.17, 15) is 40.3 Å². The molecule has 0 saturated carbocycles. The van der Waals surface area contributed by atoms with Crippen molar-refractivity contribution in [3.63, 3.8) is 0 Å². The zero-order valence-electron chi connectivity index (χ0n) is 18.0. The molecule has 6 nitrogen and oxygen atoms in total. The van der Waals surface area contributed by atoms with Gasteiger partial charge in [0.15, 0.2) is 0 Å². The molecule has 190 valence electrons. The Morgan fingerprint density at radius 1 is 0.944 bits per heavy atom. The number of anilines is 1. The number of carbonyl (C=O) groups is 2. The van der Waals surface area contributed by atoms with Gasteiger partial charge in [0.2, 0.25) is 11.0 Å². The fourth-order valence-corrected chi connectivity index (χ4v) is 4.45. The highest BCUT2D eigenvalue weighted by Crippen LogP contribution is 2.37. The first-order chi connectivity index (χ1) is 16.8. The lowest BCUT2D eigenvalue weighted by molar-refractivity contribution is -0.143. The molecule has 36 heavy (non-hydrogen) atoms. The molecule has 0 radical (unpaired) electrons. The van der Waals surface area contributed by atoms with Crippen LogP contribution in [0.15, 0.2) is 42.5 Å². The highest BCUT2D eigenvalue weighted by Gasteiger charge is 2.40. The summed E-state index contributed by atoms with van der Waals surface area (Å²) in [6.45, 7) is -0.0362. The third-order valence-corrected chi connectivity index (χ3v) is 6.28. The second-order valence-corrected chi connectivity index (χ2v) is 8.84. The maximum Gasteiger partial charge on any atom is 0.416 e. The van der Waals surface area contributed by atoms with E-state index in [0.717, 1.165) is 16.2 Å². The number of likely N-dealkylation sites (tertiary alicyclic amines) is 1. The van der Waals surface area contributed by atoms with E-state index in [1.165, 1.54) is 24.3 Å². The molecule has 0 aliphatic carbocycles. The lowest BCUT2D eigenvalue weighted by Gasteiger charge is -2.24. The van der Waals surface area contributed by atoms with E-state index in [2.05, 4.69) is 15.5 Å². The third kappa shape index (κ3) is 5.48. The van der Waals surface area contributed by atoms with Gasteiger partial charge in [0, 0.05) is 17.7 Å². The average molecular weight is 532 g/mol. The van der Waals surface area contributed by atoms with Crippen LogP contribution in [0.4, 0.5) is 35.9 Å². The van der Waals surface area contributed by atoms with Crippen LogP contribution in [0.1, 0.15) is 34.3 Å². The topological polar surface area (TPSA) is 75.2 Å². The van der Waals surface area contributed by atoms with Gasteiger partial charge < -0.3 is 4.90 Å². The Bertz CT molecular complexity index is 1260. The third-order valence-electron chi connectivity index (χ3n) is 5.40. The van der Waals surface area contributed by atoms with E-state index in [0.29, 0.717) is 29.1 Å². The molecule has 1 fully saturated rings. The molecule has 1 aromatic heterocycles. The predicted octanol–water partition coefficient (Wildman–Crippen LogP) is 5.63. The highest BCUT2D eigenvalue weighted by molar-refractivity contribution is 7.18. The molecule has 3 aromatic rings. The van der Waals surface area contributed by atoms with Crippen LogP contribution in [-0.2, 0) is 17.1 Å². The molecule has 1 saturated heterocycles. The Kier molecular flexibility index (Phi) is 6.73. The van der Waals surface area contributed by atoms with Crippen molar-refractivity contribution >= 4 is 28.3 Å². The molecule has 1 atom stereocenters. The first-order valence-corrected chi connectivity index (χ1v) is 11.2. The summed E-state index contributed by atoms with van der Waals surface area (Å²) in [5.41, 5.74) is -3.53. The number of halogens is 7. The number of carbonyl (C=O) groups excluding carboxylic acids is 2. The van der Waals surface area contributed by atoms with Crippen LogP contribution >= 0.6 is 11.3 Å². The van der Waals surface area contributed by atoms with Crippen molar-refractivity contribution in [3.8, 4) is 10.6 Å². The predicted molar refractivity (Wildman–Crippen MR) is 114 cm³/mol. The van der Waals surface area contributed by atoms with E-state index in [1.54, 1.807) is 0 Å². The molecule has 1 aliphatic rings. The van der Waals surface area contributed by atoms with Crippen LogP contribution in [-0.4, -0.2) is 39.5 Å². The van der Waals surface area contributed by atoms with Crippen LogP contribution in [0.2, 0.25) is 0 Å². The first kappa shape index (κ1) is 25.5. The number of nitrogens with one attached hydrogen (secondary N) is 1. The normalized spacial score (nSPS) is 16.3. The maximum atomic E-state index is 13.2. The quantitative estimate of drug-likeness (QED) is 0.443. The highest BCUT2D eigenvalue weighted by atomic mass is 32.1. The number of rotatable bonds is 4. The van der Waals surface area contributed by atoms with Crippen molar-refractivity contribution in [1.29, 1.82) is 0 Å². The minimum absolute atomic E-state index is 0.0362. The van der Waals surface area contributed by atoms with Crippen molar-refractivity contribution in [2.75, 3.05) is 11.9 Å². The van der Waals surface area contributed by atoms with E-state index < -0.39 is 52.7 Å². The van der Waals surface area contributed by atoms with E-state index >= 15 is 0 Å². The molecule has 1 N–H and O–H groups in total. The van der Waals surface area contributed by atoms with Gasteiger partial charge in [-0.1, -0.05) is 11.3 Å². The number of benzene rings is 2. The summed E-state index contributed by atoms with van der Waals surface area (Å²) in [4.78, 5) is 26.7. The molecule has 2 heterocycles. The van der Waals surface area contributed by atoms with E-state index in [4.69, 9.17) is 0 Å². The Hall–Kier alpha value is -3.55. The van der Waals surface area contributed by atoms with Crippen molar-refractivity contribution in [2.24, 2.45) is 0 Å². The van der Waals surface area contributed by atoms with Gasteiger partial charge in [-0.25, -0.2) is 4.39 Å². The first-order valence-electron chi connectivity index (χ1n) is 10.3. The Morgan fingerprint density at radius 3 is 2.14 bits per heavy atom. The zero-order valence-corrected chi connectivity index (χ0v) is 18.8. The van der Waals surface area contributed by atoms with Gasteiger partial charge in [-0.05, 0) is 55.3 Å². The number of alkyl halides is 6. The summed E-state index contributed by atoms with van der Waals surface area (Å²) < 4.78 is 92.2. The monoisotopic (exact) mass is 532 g/mol. The number of aromatic nitrogens is 2. The maximum absolute atomic E-state index is 13.2. The molecule has 2 amide bonds. The molecule has 1 unspecified atom stereocenters. The van der Waals surface area contributed by atoms with Crippen LogP contribution in [0.5, 0.6) is 0 Å². The van der Waals surface area contributed by atoms with Crippen molar-refractivity contribution in [3.05, 3.63) is 65.0 Å². The molecule has 14 heteroatoms. The van der Waals surface area contributed by atoms with Crippen molar-refractivity contribution in [1.82, 2.24) is 15.1 Å². The molecular formula is C22H15F7N4O2S. The number of nitrogens with zero attached hydrogens (tertiary/aromatic N) is 3. The van der Waals surface area contributed by atoms with Crippen molar-refractivity contribution < 1.29 is 40.3 Å². The van der Waals surface area contributed by atoms with Gasteiger partial charge in [-0.15, -0.1) is 10.2 Å². The van der Waals surface area contributed by atoms with Gasteiger partial charge in [-0.2, -0.15) is 26.3 Å². The minimum atomic E-state index is -5.11. The van der Waals surface area contributed by atoms with Gasteiger partial charge >= 0.3 is 12.4 Å². The smallest absolute Gasteiger partial charge is 0.327 e. The fraction of sp³-hybridized carbons (Fsp3) is 0.273. The number of hydrogen-bond donors (Lipinski definition) is 1. The summed E-state index contributed by atoms with van der Waals surface area (Å²) in [5, 5.41) is 10.6. The summed E-state index contributed by atoms with van der Waals surface area (Å²) in [6, 6.07) is 4.82. The van der Waals surface area contributed by atoms with Gasteiger partial charge in [0.05, 0.1) is 11.1 Å². The van der Waals surface area contributed by atoms with Crippen LogP contribution in [0.25, 0.3) is 10.6 Å². The lowest BCUT2D eigenvalue weighted by Crippen LogP contribution is -2.43. The minimum Gasteiger partial charge on any atom is -0.327 e. The Labute approximate surface area is 202 Å².